The topological polar surface area (TPSA) is 60.2 Å². The molecule has 0 aliphatic heterocycles. The summed E-state index contributed by atoms with van der Waals surface area (Å²) in [5, 5.41) is 4.51. The second-order valence-electron chi connectivity index (χ2n) is 2.14. The molecular weight excluding hydrogens is 164 g/mol. The average molecular weight is 173 g/mol. The molecule has 0 rings (SSSR count). The molecule has 1 atom stereocenters. The lowest BCUT2D eigenvalue weighted by molar-refractivity contribution is 0.0968. The van der Waals surface area contributed by atoms with Crippen molar-refractivity contribution in [2.24, 2.45) is 11.1 Å². The van der Waals surface area contributed by atoms with Gasteiger partial charge < -0.3 is 0 Å². The van der Waals surface area contributed by atoms with Crippen molar-refractivity contribution in [2.45, 2.75) is 13.3 Å². The molecule has 62 valence electrons. The molecule has 2 N–H and O–H groups in total. The number of sulfonamides is 1. The lowest BCUT2D eigenvalue weighted by atomic mass is 10.2. The molecule has 6 heteroatoms. The Labute approximate surface area is 58.3 Å². The Balaban J connectivity index is 3.93. The second-order valence-corrected chi connectivity index (χ2v) is 3.80. The molecule has 0 bridgehead atoms. The zero-order chi connectivity index (χ0) is 8.36. The Morgan fingerprint density at radius 3 is 2.00 bits per heavy atom. The lowest BCUT2D eigenvalue weighted by Crippen LogP contribution is -2.25. The van der Waals surface area contributed by atoms with Crippen LogP contribution in [0, 0.1) is 5.92 Å². The van der Waals surface area contributed by atoms with Gasteiger partial charge in [0.2, 0.25) is 16.4 Å². The number of alkyl halides is 2. The molecule has 0 aromatic carbocycles. The van der Waals surface area contributed by atoms with E-state index in [1.54, 1.807) is 0 Å². The summed E-state index contributed by atoms with van der Waals surface area (Å²) in [6, 6.07) is 0. The quantitative estimate of drug-likeness (QED) is 0.661. The van der Waals surface area contributed by atoms with Gasteiger partial charge in [-0.15, -0.1) is 0 Å². The second kappa shape index (κ2) is 3.25. The number of hydrogen-bond acceptors (Lipinski definition) is 2. The fourth-order valence-corrected chi connectivity index (χ4v) is 1.32. The number of nitrogens with two attached hydrogens (primary N) is 1. The molecule has 0 aromatic heterocycles. The smallest absolute Gasteiger partial charge is 0.229 e. The van der Waals surface area contributed by atoms with Crippen molar-refractivity contribution < 1.29 is 17.2 Å². The van der Waals surface area contributed by atoms with Crippen LogP contribution in [0.1, 0.15) is 6.92 Å². The minimum absolute atomic E-state index is 0.662. The summed E-state index contributed by atoms with van der Waals surface area (Å²) < 4.78 is 43.7. The fourth-order valence-electron chi connectivity index (χ4n) is 0.439. The zero-order valence-corrected chi connectivity index (χ0v) is 6.24. The van der Waals surface area contributed by atoms with Crippen LogP contribution in [-0.2, 0) is 10.0 Å². The Morgan fingerprint density at radius 1 is 1.50 bits per heavy atom. The number of primary sulfonamides is 1. The Kier molecular flexibility index (Phi) is 3.17. The van der Waals surface area contributed by atoms with Crippen LogP contribution in [0.5, 0.6) is 0 Å². The van der Waals surface area contributed by atoms with Crippen molar-refractivity contribution in [3.63, 3.8) is 0 Å². The summed E-state index contributed by atoms with van der Waals surface area (Å²) in [5.74, 6) is -1.85. The van der Waals surface area contributed by atoms with Gasteiger partial charge in [0.15, 0.2) is 0 Å². The van der Waals surface area contributed by atoms with E-state index in [1.165, 1.54) is 0 Å². The summed E-state index contributed by atoms with van der Waals surface area (Å²) in [7, 11) is -3.75. The first-order valence-electron chi connectivity index (χ1n) is 2.61. The van der Waals surface area contributed by atoms with E-state index in [9.17, 15) is 17.2 Å². The third-order valence-electron chi connectivity index (χ3n) is 0.925. The van der Waals surface area contributed by atoms with Crippen LogP contribution in [0.2, 0.25) is 0 Å². The molecule has 0 aromatic rings. The Morgan fingerprint density at radius 2 is 1.90 bits per heavy atom. The van der Waals surface area contributed by atoms with E-state index in [0.717, 1.165) is 6.92 Å². The van der Waals surface area contributed by atoms with Gasteiger partial charge in [-0.3, -0.25) is 0 Å². The molecule has 0 amide bonds. The number of hydrogen-bond donors (Lipinski definition) is 1. The molecule has 0 fully saturated rings. The molecular formula is C4H9F2NO2S. The number of rotatable bonds is 3. The predicted molar refractivity (Wildman–Crippen MR) is 33.1 cm³/mol. The Hall–Kier alpha value is -0.230. The highest BCUT2D eigenvalue weighted by Gasteiger charge is 2.19. The third-order valence-corrected chi connectivity index (χ3v) is 1.92. The van der Waals surface area contributed by atoms with Gasteiger partial charge in [0.05, 0.1) is 5.75 Å². The summed E-state index contributed by atoms with van der Waals surface area (Å²) in [5.41, 5.74) is 0. The van der Waals surface area contributed by atoms with Gasteiger partial charge in [-0.1, -0.05) is 6.92 Å². The van der Waals surface area contributed by atoms with Gasteiger partial charge in [-0.05, 0) is 0 Å². The highest BCUT2D eigenvalue weighted by Crippen LogP contribution is 2.09. The van der Waals surface area contributed by atoms with Gasteiger partial charge >= 0.3 is 0 Å². The van der Waals surface area contributed by atoms with E-state index < -0.39 is 28.1 Å². The molecule has 0 radical (unpaired) electrons. The van der Waals surface area contributed by atoms with Crippen molar-refractivity contribution in [1.29, 1.82) is 0 Å². The molecule has 0 heterocycles. The Bertz CT molecular complexity index is 189. The van der Waals surface area contributed by atoms with E-state index in [1.807, 2.05) is 0 Å². The molecule has 0 saturated heterocycles. The van der Waals surface area contributed by atoms with E-state index in [2.05, 4.69) is 5.14 Å². The van der Waals surface area contributed by atoms with Crippen LogP contribution in [0.4, 0.5) is 8.78 Å². The third kappa shape index (κ3) is 4.63. The highest BCUT2D eigenvalue weighted by molar-refractivity contribution is 7.89. The molecule has 0 spiro atoms. The van der Waals surface area contributed by atoms with Crippen molar-refractivity contribution in [3.8, 4) is 0 Å². The van der Waals surface area contributed by atoms with E-state index >= 15 is 0 Å². The van der Waals surface area contributed by atoms with Gasteiger partial charge in [-0.25, -0.2) is 22.3 Å². The van der Waals surface area contributed by atoms with Crippen molar-refractivity contribution in [2.75, 3.05) is 5.75 Å². The number of halogens is 2. The maximum atomic E-state index is 11.6. The van der Waals surface area contributed by atoms with Gasteiger partial charge in [0.1, 0.15) is 0 Å². The van der Waals surface area contributed by atoms with Gasteiger partial charge in [-0.2, -0.15) is 0 Å². The predicted octanol–water partition coefficient (Wildman–Crippen LogP) is 0.176. The zero-order valence-electron chi connectivity index (χ0n) is 5.42. The molecule has 0 aliphatic rings. The minimum atomic E-state index is -3.75. The maximum absolute atomic E-state index is 11.6. The first kappa shape index (κ1) is 9.77. The SMILES string of the molecule is CC(CS(N)(=O)=O)C(F)F. The summed E-state index contributed by atoms with van der Waals surface area (Å²) in [4.78, 5) is 0. The normalized spacial score (nSPS) is 15.7. The minimum Gasteiger partial charge on any atom is -0.229 e. The summed E-state index contributed by atoms with van der Waals surface area (Å²) in [6.45, 7) is 1.13. The molecule has 0 saturated carbocycles. The summed E-state index contributed by atoms with van der Waals surface area (Å²) in [6.07, 6.45) is -2.63. The van der Waals surface area contributed by atoms with E-state index in [4.69, 9.17) is 0 Å². The molecule has 10 heavy (non-hydrogen) atoms. The van der Waals surface area contributed by atoms with Crippen molar-refractivity contribution >= 4 is 10.0 Å². The average Bonchev–Trinajstić information content (AvgIpc) is 1.60. The van der Waals surface area contributed by atoms with E-state index in [0.29, 0.717) is 0 Å². The van der Waals surface area contributed by atoms with Crippen LogP contribution in [0.3, 0.4) is 0 Å². The van der Waals surface area contributed by atoms with Crippen LogP contribution < -0.4 is 5.14 Å². The highest BCUT2D eigenvalue weighted by atomic mass is 32.2. The van der Waals surface area contributed by atoms with Gasteiger partial charge in [0, 0.05) is 5.92 Å². The van der Waals surface area contributed by atoms with Crippen LogP contribution in [-0.4, -0.2) is 20.6 Å². The first-order chi connectivity index (χ1) is 4.33. The van der Waals surface area contributed by atoms with Crippen LogP contribution in [0.25, 0.3) is 0 Å². The standard InChI is InChI=1S/C4H9F2NO2S/c1-3(4(5)6)2-10(7,8)9/h3-4H,2H2,1H3,(H2,7,8,9). The van der Waals surface area contributed by atoms with Gasteiger partial charge in [0.25, 0.3) is 0 Å². The first-order valence-corrected chi connectivity index (χ1v) is 4.33. The molecule has 0 aliphatic carbocycles. The largest absolute Gasteiger partial charge is 0.242 e. The van der Waals surface area contributed by atoms with Crippen molar-refractivity contribution in [3.05, 3.63) is 0 Å². The summed E-state index contributed by atoms with van der Waals surface area (Å²) >= 11 is 0. The lowest BCUT2D eigenvalue weighted by Gasteiger charge is -2.06. The molecule has 1 unspecified atom stereocenters. The fraction of sp³-hybridized carbons (Fsp3) is 1.00. The monoisotopic (exact) mass is 173 g/mol. The van der Waals surface area contributed by atoms with Crippen LogP contribution >= 0.6 is 0 Å². The van der Waals surface area contributed by atoms with Crippen LogP contribution in [0.15, 0.2) is 0 Å². The maximum Gasteiger partial charge on any atom is 0.242 e. The molecule has 3 nitrogen and oxygen atoms in total. The van der Waals surface area contributed by atoms with Crippen molar-refractivity contribution in [1.82, 2.24) is 0 Å². The van der Waals surface area contributed by atoms with E-state index in [-0.39, 0.29) is 0 Å².